The summed E-state index contributed by atoms with van der Waals surface area (Å²) in [6, 6.07) is 18.4. The normalized spacial score (nSPS) is 13.8. The van der Waals surface area contributed by atoms with Gasteiger partial charge in [0.2, 0.25) is 0 Å². The molecule has 1 fully saturated rings. The molecule has 1 aromatic heterocycles. The molecule has 1 aliphatic rings. The average Bonchev–Trinajstić information content (AvgIpc) is 3.01. The van der Waals surface area contributed by atoms with Gasteiger partial charge in [-0.1, -0.05) is 59.5 Å². The van der Waals surface area contributed by atoms with E-state index in [1.54, 1.807) is 31.5 Å². The van der Waals surface area contributed by atoms with Crippen LogP contribution in [0.25, 0.3) is 10.9 Å². The second kappa shape index (κ2) is 13.6. The van der Waals surface area contributed by atoms with Gasteiger partial charge in [0, 0.05) is 21.6 Å². The molecule has 3 aromatic carbocycles. The van der Waals surface area contributed by atoms with Crippen molar-refractivity contribution in [1.82, 2.24) is 9.66 Å². The molecule has 216 valence electrons. The van der Waals surface area contributed by atoms with E-state index in [9.17, 15) is 9.59 Å². The summed E-state index contributed by atoms with van der Waals surface area (Å²) in [6.45, 7) is 3.68. The van der Waals surface area contributed by atoms with Crippen LogP contribution in [0, 0.1) is 0 Å². The first-order valence-electron chi connectivity index (χ1n) is 14.0. The number of para-hydroxylation sites is 1. The van der Waals surface area contributed by atoms with Crippen LogP contribution in [0.2, 0.25) is 0 Å². The minimum absolute atomic E-state index is 0.167. The summed E-state index contributed by atoms with van der Waals surface area (Å²) in [4.78, 5) is 31.1. The molecule has 0 saturated heterocycles. The van der Waals surface area contributed by atoms with Crippen LogP contribution < -0.4 is 20.3 Å². The molecule has 1 N–H and O–H groups in total. The van der Waals surface area contributed by atoms with E-state index in [1.165, 1.54) is 11.1 Å². The number of allylic oxidation sites excluding steroid dienone is 1. The van der Waals surface area contributed by atoms with Crippen LogP contribution >= 0.6 is 15.9 Å². The number of carbonyl (C=O) groups excluding carboxylic acids is 1. The Kier molecular flexibility index (Phi) is 9.48. The number of carbonyl (C=O) groups is 1. The largest absolute Gasteiger partial charge is 0.493 e. The van der Waals surface area contributed by atoms with E-state index in [0.717, 1.165) is 35.7 Å². The third kappa shape index (κ3) is 6.79. The van der Waals surface area contributed by atoms with Crippen molar-refractivity contribution in [1.29, 1.82) is 0 Å². The van der Waals surface area contributed by atoms with Gasteiger partial charge in [-0.05, 0) is 67.3 Å². The standard InChI is InChI=1S/C33H33BrN4O4/c1-3-10-24-17-22(18-29(41-2)31(24)42-21-30(39)36-26-13-8-5-9-14-26)20-35-38-32(23-11-6-4-7-12-23)37-28-16-15-25(34)19-27(28)33(38)40/h3,5,8-9,13-20,23H,1,4,6-7,10-12,21H2,2H3,(H,36,39). The van der Waals surface area contributed by atoms with Gasteiger partial charge in [-0.25, -0.2) is 4.98 Å². The lowest BCUT2D eigenvalue weighted by molar-refractivity contribution is -0.118. The number of nitrogens with one attached hydrogen (secondary N) is 1. The Balaban J connectivity index is 1.47. The van der Waals surface area contributed by atoms with E-state index >= 15 is 0 Å². The summed E-state index contributed by atoms with van der Waals surface area (Å²) in [5.41, 5.74) is 2.64. The Morgan fingerprint density at radius 1 is 1.14 bits per heavy atom. The Bertz CT molecular complexity index is 1680. The van der Waals surface area contributed by atoms with Gasteiger partial charge in [0.05, 0.1) is 24.2 Å². The number of fused-ring (bicyclic) bond motifs is 1. The van der Waals surface area contributed by atoms with Crippen molar-refractivity contribution in [2.24, 2.45) is 5.10 Å². The summed E-state index contributed by atoms with van der Waals surface area (Å²) in [6.07, 6.45) is 9.23. The zero-order valence-corrected chi connectivity index (χ0v) is 25.1. The minimum atomic E-state index is -0.288. The average molecular weight is 630 g/mol. The van der Waals surface area contributed by atoms with Crippen molar-refractivity contribution in [3.05, 3.63) is 105 Å². The summed E-state index contributed by atoms with van der Waals surface area (Å²) in [5, 5.41) is 7.99. The molecular formula is C33H33BrN4O4. The van der Waals surface area contributed by atoms with Crippen molar-refractivity contribution >= 4 is 44.6 Å². The summed E-state index contributed by atoms with van der Waals surface area (Å²) in [7, 11) is 1.54. The van der Waals surface area contributed by atoms with Crippen LogP contribution in [0.4, 0.5) is 5.69 Å². The number of nitrogens with zero attached hydrogens (tertiary/aromatic N) is 3. The first kappa shape index (κ1) is 29.3. The number of halogens is 1. The summed E-state index contributed by atoms with van der Waals surface area (Å²) < 4.78 is 13.8. The SMILES string of the molecule is C=CCc1cc(C=Nn2c(C3CCCCC3)nc3ccc(Br)cc3c2=O)cc(OC)c1OCC(=O)Nc1ccccc1. The number of hydrogen-bond acceptors (Lipinski definition) is 6. The maximum absolute atomic E-state index is 13.7. The summed E-state index contributed by atoms with van der Waals surface area (Å²) >= 11 is 3.47. The topological polar surface area (TPSA) is 94.8 Å². The van der Waals surface area contributed by atoms with Gasteiger partial charge >= 0.3 is 0 Å². The molecule has 4 aromatic rings. The van der Waals surface area contributed by atoms with E-state index in [4.69, 9.17) is 14.5 Å². The number of aromatic nitrogens is 2. The third-order valence-corrected chi connectivity index (χ3v) is 7.76. The predicted octanol–water partition coefficient (Wildman–Crippen LogP) is 6.84. The van der Waals surface area contributed by atoms with Crippen LogP contribution in [0.3, 0.4) is 0 Å². The number of rotatable bonds is 10. The molecule has 5 rings (SSSR count). The smallest absolute Gasteiger partial charge is 0.282 e. The Labute approximate surface area is 253 Å². The van der Waals surface area contributed by atoms with E-state index < -0.39 is 0 Å². The fourth-order valence-electron chi connectivity index (χ4n) is 5.26. The van der Waals surface area contributed by atoms with Crippen molar-refractivity contribution in [2.75, 3.05) is 19.0 Å². The molecule has 8 nitrogen and oxygen atoms in total. The number of anilines is 1. The fourth-order valence-corrected chi connectivity index (χ4v) is 5.62. The lowest BCUT2D eigenvalue weighted by Gasteiger charge is -2.22. The fraction of sp³-hybridized carbons (Fsp3) is 0.273. The lowest BCUT2D eigenvalue weighted by atomic mass is 9.88. The van der Waals surface area contributed by atoms with Gasteiger partial charge in [0.15, 0.2) is 18.1 Å². The monoisotopic (exact) mass is 628 g/mol. The van der Waals surface area contributed by atoms with Gasteiger partial charge in [0.1, 0.15) is 5.82 Å². The molecule has 0 bridgehead atoms. The summed E-state index contributed by atoms with van der Waals surface area (Å²) in [5.74, 6) is 1.47. The molecule has 0 unspecified atom stereocenters. The van der Waals surface area contributed by atoms with Gasteiger partial charge in [-0.15, -0.1) is 6.58 Å². The number of hydrogen-bond donors (Lipinski definition) is 1. The van der Waals surface area contributed by atoms with Crippen LogP contribution in [-0.4, -0.2) is 35.5 Å². The quantitative estimate of drug-likeness (QED) is 0.153. The van der Waals surface area contributed by atoms with Crippen molar-refractivity contribution in [3.8, 4) is 11.5 Å². The number of amides is 1. The molecule has 0 spiro atoms. The highest BCUT2D eigenvalue weighted by molar-refractivity contribution is 9.10. The first-order chi connectivity index (χ1) is 20.5. The molecule has 0 atom stereocenters. The van der Waals surface area contributed by atoms with Crippen LogP contribution in [0.1, 0.15) is 55.0 Å². The highest BCUT2D eigenvalue weighted by Gasteiger charge is 2.23. The van der Waals surface area contributed by atoms with E-state index in [2.05, 4.69) is 32.9 Å². The Morgan fingerprint density at radius 3 is 2.67 bits per heavy atom. The molecule has 0 aliphatic heterocycles. The molecular weight excluding hydrogens is 596 g/mol. The van der Waals surface area contributed by atoms with Gasteiger partial charge < -0.3 is 14.8 Å². The minimum Gasteiger partial charge on any atom is -0.493 e. The van der Waals surface area contributed by atoms with Crippen molar-refractivity contribution < 1.29 is 14.3 Å². The molecule has 1 heterocycles. The molecule has 1 saturated carbocycles. The second-order valence-corrected chi connectivity index (χ2v) is 11.2. The maximum Gasteiger partial charge on any atom is 0.282 e. The molecule has 9 heteroatoms. The van der Waals surface area contributed by atoms with Crippen LogP contribution in [0.15, 0.2) is 87.7 Å². The number of methoxy groups -OCH3 is 1. The molecule has 1 aliphatic carbocycles. The highest BCUT2D eigenvalue weighted by atomic mass is 79.9. The first-order valence-corrected chi connectivity index (χ1v) is 14.8. The van der Waals surface area contributed by atoms with Gasteiger partial charge in [-0.3, -0.25) is 9.59 Å². The lowest BCUT2D eigenvalue weighted by Crippen LogP contribution is -2.25. The van der Waals surface area contributed by atoms with Gasteiger partial charge in [0.25, 0.3) is 11.5 Å². The van der Waals surface area contributed by atoms with E-state index in [0.29, 0.717) is 45.9 Å². The van der Waals surface area contributed by atoms with Crippen molar-refractivity contribution in [2.45, 2.75) is 44.4 Å². The second-order valence-electron chi connectivity index (χ2n) is 10.2. The van der Waals surface area contributed by atoms with E-state index in [1.807, 2.05) is 48.5 Å². The molecule has 42 heavy (non-hydrogen) atoms. The molecule has 0 radical (unpaired) electrons. The van der Waals surface area contributed by atoms with Crippen LogP contribution in [0.5, 0.6) is 11.5 Å². The van der Waals surface area contributed by atoms with E-state index in [-0.39, 0.29) is 24.0 Å². The Hall–Kier alpha value is -4.24. The number of benzene rings is 3. The number of ether oxygens (including phenoxy) is 2. The highest BCUT2D eigenvalue weighted by Crippen LogP contribution is 2.34. The zero-order chi connectivity index (χ0) is 29.5. The van der Waals surface area contributed by atoms with Crippen LogP contribution in [-0.2, 0) is 11.2 Å². The zero-order valence-electron chi connectivity index (χ0n) is 23.5. The maximum atomic E-state index is 13.7. The third-order valence-electron chi connectivity index (χ3n) is 7.27. The van der Waals surface area contributed by atoms with Gasteiger partial charge in [-0.2, -0.15) is 9.78 Å². The molecule has 1 amide bonds. The van der Waals surface area contributed by atoms with Crippen molar-refractivity contribution in [3.63, 3.8) is 0 Å². The Morgan fingerprint density at radius 2 is 1.93 bits per heavy atom. The predicted molar refractivity (Wildman–Crippen MR) is 170 cm³/mol.